The number of hydrogen-bond donors (Lipinski definition) is 1. The normalized spacial score (nSPS) is 16.3. The summed E-state index contributed by atoms with van der Waals surface area (Å²) in [5, 5.41) is 3.52. The number of benzene rings is 2. The van der Waals surface area contributed by atoms with Gasteiger partial charge in [0.2, 0.25) is 5.91 Å². The lowest BCUT2D eigenvalue weighted by Gasteiger charge is -2.14. The number of rotatable bonds is 4. The molecular weight excluding hydrogens is 298 g/mol. The molecule has 0 unspecified atom stereocenters. The van der Waals surface area contributed by atoms with Gasteiger partial charge in [0.1, 0.15) is 5.75 Å². The number of nitrogens with one attached hydrogen (secondary N) is 1. The zero-order chi connectivity index (χ0) is 15.1. The van der Waals surface area contributed by atoms with Crippen LogP contribution in [0.5, 0.6) is 5.75 Å². The van der Waals surface area contributed by atoms with E-state index in [1.165, 1.54) is 12.8 Å². The van der Waals surface area contributed by atoms with Gasteiger partial charge in [-0.15, -0.1) is 0 Å². The molecule has 2 aromatic carbocycles. The molecule has 0 aromatic heterocycles. The third kappa shape index (κ3) is 2.57. The molecule has 22 heavy (non-hydrogen) atoms. The molecule has 2 aliphatic rings. The fourth-order valence-corrected chi connectivity index (χ4v) is 3.06. The van der Waals surface area contributed by atoms with Crippen LogP contribution in [0, 0.1) is 5.92 Å². The van der Waals surface area contributed by atoms with E-state index in [1.54, 1.807) is 0 Å². The molecule has 1 aliphatic carbocycles. The van der Waals surface area contributed by atoms with Gasteiger partial charge in [0.05, 0.1) is 18.1 Å². The molecule has 1 saturated carbocycles. The van der Waals surface area contributed by atoms with Crippen molar-refractivity contribution in [1.29, 1.82) is 0 Å². The smallest absolute Gasteiger partial charge is 0.228 e. The Balaban J connectivity index is 1.72. The molecule has 0 saturated heterocycles. The summed E-state index contributed by atoms with van der Waals surface area (Å²) in [7, 11) is 0. The molecule has 1 fully saturated rings. The number of carbonyl (C=O) groups is 1. The molecule has 0 atom stereocenters. The third-order valence-electron chi connectivity index (χ3n) is 4.17. The van der Waals surface area contributed by atoms with Crippen LogP contribution >= 0.6 is 11.6 Å². The number of ether oxygens (including phenoxy) is 1. The van der Waals surface area contributed by atoms with Crippen molar-refractivity contribution >= 4 is 23.2 Å². The Morgan fingerprint density at radius 1 is 1.23 bits per heavy atom. The van der Waals surface area contributed by atoms with Gasteiger partial charge in [-0.25, -0.2) is 0 Å². The van der Waals surface area contributed by atoms with Gasteiger partial charge in [0, 0.05) is 11.3 Å². The number of halogens is 1. The third-order valence-corrected chi connectivity index (χ3v) is 4.48. The first-order chi connectivity index (χ1) is 10.7. The minimum atomic E-state index is 0.0384. The standard InChI is InChI=1S/C18H16ClNO2/c19-14-2-1-3-16(22-10-11-4-5-11)18(14)12-6-7-15-13(8-12)9-17(21)20-15/h1-3,6-8,11H,4-5,9-10H2,(H,20,21). The van der Waals surface area contributed by atoms with Crippen LogP contribution in [-0.4, -0.2) is 12.5 Å². The highest BCUT2D eigenvalue weighted by Gasteiger charge is 2.23. The van der Waals surface area contributed by atoms with E-state index in [-0.39, 0.29) is 5.91 Å². The summed E-state index contributed by atoms with van der Waals surface area (Å²) >= 11 is 6.41. The van der Waals surface area contributed by atoms with Crippen LogP contribution in [0.4, 0.5) is 5.69 Å². The Hall–Kier alpha value is -2.00. The molecule has 4 heteroatoms. The van der Waals surface area contributed by atoms with Gasteiger partial charge in [0.15, 0.2) is 0 Å². The van der Waals surface area contributed by atoms with E-state index in [4.69, 9.17) is 16.3 Å². The van der Waals surface area contributed by atoms with E-state index in [0.717, 1.165) is 34.7 Å². The van der Waals surface area contributed by atoms with Crippen molar-refractivity contribution in [2.24, 2.45) is 5.92 Å². The van der Waals surface area contributed by atoms with Crippen LogP contribution in [-0.2, 0) is 11.2 Å². The Bertz CT molecular complexity index is 753. The molecule has 0 spiro atoms. The lowest BCUT2D eigenvalue weighted by atomic mass is 10.0. The molecule has 1 aliphatic heterocycles. The first-order valence-corrected chi connectivity index (χ1v) is 7.93. The first kappa shape index (κ1) is 13.6. The maximum Gasteiger partial charge on any atom is 0.228 e. The van der Waals surface area contributed by atoms with E-state index in [0.29, 0.717) is 17.4 Å². The highest BCUT2D eigenvalue weighted by atomic mass is 35.5. The van der Waals surface area contributed by atoms with E-state index in [9.17, 15) is 4.79 Å². The van der Waals surface area contributed by atoms with Crippen molar-refractivity contribution in [3.8, 4) is 16.9 Å². The maximum atomic E-state index is 11.5. The predicted octanol–water partition coefficient (Wildman–Crippen LogP) is 4.29. The van der Waals surface area contributed by atoms with Crippen LogP contribution < -0.4 is 10.1 Å². The summed E-state index contributed by atoms with van der Waals surface area (Å²) in [6.45, 7) is 0.748. The quantitative estimate of drug-likeness (QED) is 0.914. The van der Waals surface area contributed by atoms with Crippen LogP contribution in [0.2, 0.25) is 5.02 Å². The van der Waals surface area contributed by atoms with Crippen LogP contribution in [0.3, 0.4) is 0 Å². The molecule has 1 heterocycles. The number of anilines is 1. The van der Waals surface area contributed by atoms with Gasteiger partial charge < -0.3 is 10.1 Å². The Kier molecular flexibility index (Phi) is 3.30. The molecule has 1 amide bonds. The SMILES string of the molecule is O=C1Cc2cc(-c3c(Cl)cccc3OCC3CC3)ccc2N1. The average molecular weight is 314 g/mol. The summed E-state index contributed by atoms with van der Waals surface area (Å²) in [5.74, 6) is 1.54. The summed E-state index contributed by atoms with van der Waals surface area (Å²) in [6, 6.07) is 11.7. The maximum absolute atomic E-state index is 11.5. The molecule has 1 N–H and O–H groups in total. The summed E-state index contributed by atoms with van der Waals surface area (Å²) in [5.41, 5.74) is 3.80. The Morgan fingerprint density at radius 3 is 2.91 bits per heavy atom. The minimum absolute atomic E-state index is 0.0384. The van der Waals surface area contributed by atoms with Gasteiger partial charge >= 0.3 is 0 Å². The first-order valence-electron chi connectivity index (χ1n) is 7.55. The van der Waals surface area contributed by atoms with Gasteiger partial charge in [0.25, 0.3) is 0 Å². The van der Waals surface area contributed by atoms with Gasteiger partial charge in [-0.3, -0.25) is 4.79 Å². The lowest BCUT2D eigenvalue weighted by Crippen LogP contribution is -2.03. The van der Waals surface area contributed by atoms with E-state index < -0.39 is 0 Å². The van der Waals surface area contributed by atoms with E-state index in [2.05, 4.69) is 5.32 Å². The van der Waals surface area contributed by atoms with Crippen molar-refractivity contribution in [1.82, 2.24) is 0 Å². The van der Waals surface area contributed by atoms with Crippen molar-refractivity contribution in [3.05, 3.63) is 47.0 Å². The molecule has 4 rings (SSSR count). The van der Waals surface area contributed by atoms with Crippen molar-refractivity contribution in [2.45, 2.75) is 19.3 Å². The number of amides is 1. The second kappa shape index (κ2) is 5.33. The molecule has 3 nitrogen and oxygen atoms in total. The highest BCUT2D eigenvalue weighted by molar-refractivity contribution is 6.33. The van der Waals surface area contributed by atoms with Crippen LogP contribution in [0.1, 0.15) is 18.4 Å². The monoisotopic (exact) mass is 313 g/mol. The zero-order valence-electron chi connectivity index (χ0n) is 12.1. The van der Waals surface area contributed by atoms with Crippen molar-refractivity contribution in [2.75, 3.05) is 11.9 Å². The van der Waals surface area contributed by atoms with Crippen LogP contribution in [0.15, 0.2) is 36.4 Å². The number of hydrogen-bond acceptors (Lipinski definition) is 2. The second-order valence-electron chi connectivity index (χ2n) is 5.96. The molecular formula is C18H16ClNO2. The highest BCUT2D eigenvalue weighted by Crippen LogP contribution is 2.40. The Labute approximate surface area is 134 Å². The summed E-state index contributed by atoms with van der Waals surface area (Å²) < 4.78 is 5.97. The average Bonchev–Trinajstić information content (AvgIpc) is 3.25. The molecule has 2 aromatic rings. The Morgan fingerprint density at radius 2 is 2.09 bits per heavy atom. The van der Waals surface area contributed by atoms with Crippen molar-refractivity contribution < 1.29 is 9.53 Å². The topological polar surface area (TPSA) is 38.3 Å². The summed E-state index contributed by atoms with van der Waals surface area (Å²) in [4.78, 5) is 11.5. The number of carbonyl (C=O) groups excluding carboxylic acids is 1. The largest absolute Gasteiger partial charge is 0.493 e. The zero-order valence-corrected chi connectivity index (χ0v) is 12.8. The number of fused-ring (bicyclic) bond motifs is 1. The minimum Gasteiger partial charge on any atom is -0.493 e. The second-order valence-corrected chi connectivity index (χ2v) is 6.37. The van der Waals surface area contributed by atoms with Gasteiger partial charge in [-0.1, -0.05) is 23.7 Å². The van der Waals surface area contributed by atoms with Gasteiger partial charge in [-0.2, -0.15) is 0 Å². The van der Waals surface area contributed by atoms with E-state index in [1.807, 2.05) is 36.4 Å². The molecule has 0 radical (unpaired) electrons. The van der Waals surface area contributed by atoms with Gasteiger partial charge in [-0.05, 0) is 54.2 Å². The van der Waals surface area contributed by atoms with Crippen molar-refractivity contribution in [3.63, 3.8) is 0 Å². The molecule has 0 bridgehead atoms. The summed E-state index contributed by atoms with van der Waals surface area (Å²) in [6.07, 6.45) is 2.93. The predicted molar refractivity (Wildman–Crippen MR) is 87.4 cm³/mol. The fourth-order valence-electron chi connectivity index (χ4n) is 2.78. The van der Waals surface area contributed by atoms with Crippen LogP contribution in [0.25, 0.3) is 11.1 Å². The fraction of sp³-hybridized carbons (Fsp3) is 0.278. The van der Waals surface area contributed by atoms with E-state index >= 15 is 0 Å². The molecule has 112 valence electrons. The lowest BCUT2D eigenvalue weighted by molar-refractivity contribution is -0.115.